The van der Waals surface area contributed by atoms with Gasteiger partial charge < -0.3 is 4.90 Å². The van der Waals surface area contributed by atoms with E-state index in [1.165, 1.54) is 0 Å². The maximum absolute atomic E-state index is 12.3. The summed E-state index contributed by atoms with van der Waals surface area (Å²) in [6.45, 7) is 0. The standard InChI is InChI=1S/C19H17N5O/c1-23(2)19(25)12-4-5-14-16-10-20-7-6-15(16)18(22-17(14)8-12)13-9-21-24(3)11-13/h4-11H,1-3H3. The topological polar surface area (TPSA) is 63.9 Å². The first kappa shape index (κ1) is 15.3. The number of aromatic nitrogens is 4. The summed E-state index contributed by atoms with van der Waals surface area (Å²) >= 11 is 0. The maximum Gasteiger partial charge on any atom is 0.253 e. The summed E-state index contributed by atoms with van der Waals surface area (Å²) in [7, 11) is 5.36. The summed E-state index contributed by atoms with van der Waals surface area (Å²) in [5, 5.41) is 7.25. The second-order valence-electron chi connectivity index (χ2n) is 6.22. The molecule has 3 aromatic heterocycles. The number of pyridine rings is 2. The molecule has 124 valence electrons. The predicted octanol–water partition coefficient (Wildman–Crippen LogP) is 2.89. The average Bonchev–Trinajstić information content (AvgIpc) is 3.06. The number of nitrogens with zero attached hydrogens (tertiary/aromatic N) is 5. The molecule has 4 rings (SSSR count). The zero-order valence-electron chi connectivity index (χ0n) is 14.3. The van der Waals surface area contributed by atoms with Gasteiger partial charge in [0.25, 0.3) is 5.91 Å². The number of hydrogen-bond donors (Lipinski definition) is 0. The summed E-state index contributed by atoms with van der Waals surface area (Å²) in [4.78, 5) is 22.9. The molecule has 1 amide bonds. The van der Waals surface area contributed by atoms with Crippen LogP contribution in [0.25, 0.3) is 32.9 Å². The van der Waals surface area contributed by atoms with Crippen LogP contribution in [0.1, 0.15) is 10.4 Å². The van der Waals surface area contributed by atoms with Crippen LogP contribution in [-0.4, -0.2) is 44.7 Å². The maximum atomic E-state index is 12.3. The zero-order valence-corrected chi connectivity index (χ0v) is 14.3. The van der Waals surface area contributed by atoms with Gasteiger partial charge in [-0.25, -0.2) is 4.98 Å². The van der Waals surface area contributed by atoms with Crippen LogP contribution in [0.3, 0.4) is 0 Å². The van der Waals surface area contributed by atoms with Crippen LogP contribution in [0, 0.1) is 0 Å². The van der Waals surface area contributed by atoms with Gasteiger partial charge in [-0.1, -0.05) is 6.07 Å². The van der Waals surface area contributed by atoms with Crippen LogP contribution >= 0.6 is 0 Å². The molecule has 0 unspecified atom stereocenters. The number of rotatable bonds is 2. The normalized spacial score (nSPS) is 11.2. The van der Waals surface area contributed by atoms with Crippen LogP contribution in [-0.2, 0) is 7.05 Å². The molecule has 0 saturated heterocycles. The SMILES string of the molecule is CN(C)C(=O)c1ccc2c(c1)nc(-c1cnn(C)c1)c1ccncc12. The van der Waals surface area contributed by atoms with Crippen molar-refractivity contribution in [3.63, 3.8) is 0 Å². The summed E-state index contributed by atoms with van der Waals surface area (Å²) in [6, 6.07) is 7.58. The van der Waals surface area contributed by atoms with Crippen LogP contribution in [0.4, 0.5) is 0 Å². The van der Waals surface area contributed by atoms with Crippen molar-refractivity contribution in [1.82, 2.24) is 24.6 Å². The third kappa shape index (κ3) is 2.52. The molecule has 0 spiro atoms. The van der Waals surface area contributed by atoms with Crippen molar-refractivity contribution in [2.75, 3.05) is 14.1 Å². The van der Waals surface area contributed by atoms with Gasteiger partial charge in [0.2, 0.25) is 0 Å². The lowest BCUT2D eigenvalue weighted by Crippen LogP contribution is -2.21. The Hall–Kier alpha value is -3.28. The number of fused-ring (bicyclic) bond motifs is 3. The van der Waals surface area contributed by atoms with Gasteiger partial charge in [-0.15, -0.1) is 0 Å². The zero-order chi connectivity index (χ0) is 17.6. The summed E-state index contributed by atoms with van der Waals surface area (Å²) < 4.78 is 1.75. The molecule has 0 fully saturated rings. The van der Waals surface area contributed by atoms with Gasteiger partial charge >= 0.3 is 0 Å². The van der Waals surface area contributed by atoms with Gasteiger partial charge in [-0.05, 0) is 18.2 Å². The third-order valence-electron chi connectivity index (χ3n) is 4.23. The number of benzene rings is 1. The van der Waals surface area contributed by atoms with Gasteiger partial charge in [0.1, 0.15) is 0 Å². The van der Waals surface area contributed by atoms with E-state index in [-0.39, 0.29) is 5.91 Å². The predicted molar refractivity (Wildman–Crippen MR) is 97.3 cm³/mol. The van der Waals surface area contributed by atoms with Crippen LogP contribution in [0.15, 0.2) is 49.1 Å². The minimum atomic E-state index is -0.0436. The lowest BCUT2D eigenvalue weighted by atomic mass is 10.0. The Bertz CT molecular complexity index is 1110. The molecule has 0 aliphatic heterocycles. The molecule has 6 heteroatoms. The van der Waals surface area contributed by atoms with E-state index in [1.54, 1.807) is 36.1 Å². The molecule has 0 bridgehead atoms. The molecule has 0 radical (unpaired) electrons. The Morgan fingerprint density at radius 1 is 1.08 bits per heavy atom. The number of aryl methyl sites for hydroxylation is 1. The van der Waals surface area contributed by atoms with Crippen molar-refractivity contribution in [3.8, 4) is 11.3 Å². The van der Waals surface area contributed by atoms with Crippen LogP contribution in [0.5, 0.6) is 0 Å². The van der Waals surface area contributed by atoms with Crippen molar-refractivity contribution in [3.05, 3.63) is 54.6 Å². The number of amides is 1. The number of carbonyl (C=O) groups excluding carboxylic acids is 1. The fraction of sp³-hybridized carbons (Fsp3) is 0.158. The van der Waals surface area contributed by atoms with E-state index in [0.29, 0.717) is 5.56 Å². The highest BCUT2D eigenvalue weighted by atomic mass is 16.2. The molecule has 0 aliphatic carbocycles. The molecule has 0 N–H and O–H groups in total. The summed E-state index contributed by atoms with van der Waals surface area (Å²) in [6.07, 6.45) is 7.33. The summed E-state index contributed by atoms with van der Waals surface area (Å²) in [5.74, 6) is -0.0436. The third-order valence-corrected chi connectivity index (χ3v) is 4.23. The Balaban J connectivity index is 2.04. The Labute approximate surface area is 144 Å². The smallest absolute Gasteiger partial charge is 0.253 e. The van der Waals surface area contributed by atoms with Crippen LogP contribution in [0.2, 0.25) is 0 Å². The number of carbonyl (C=O) groups is 1. The lowest BCUT2D eigenvalue weighted by molar-refractivity contribution is 0.0827. The Kier molecular flexibility index (Phi) is 3.46. The first-order chi connectivity index (χ1) is 12.0. The fourth-order valence-electron chi connectivity index (χ4n) is 3.00. The molecule has 3 heterocycles. The van der Waals surface area contributed by atoms with Gasteiger partial charge in [0.15, 0.2) is 0 Å². The molecular formula is C19H17N5O. The molecule has 6 nitrogen and oxygen atoms in total. The summed E-state index contributed by atoms with van der Waals surface area (Å²) in [5.41, 5.74) is 3.16. The lowest BCUT2D eigenvalue weighted by Gasteiger charge is -2.12. The van der Waals surface area contributed by atoms with Gasteiger partial charge in [0.05, 0.1) is 17.4 Å². The van der Waals surface area contributed by atoms with Crippen LogP contribution < -0.4 is 0 Å². The monoisotopic (exact) mass is 331 g/mol. The molecule has 0 aliphatic rings. The highest BCUT2D eigenvalue weighted by Crippen LogP contribution is 2.32. The molecule has 0 saturated carbocycles. The van der Waals surface area contributed by atoms with Crippen molar-refractivity contribution in [2.45, 2.75) is 0 Å². The molecule has 4 aromatic rings. The highest BCUT2D eigenvalue weighted by Gasteiger charge is 2.14. The minimum absolute atomic E-state index is 0.0436. The van der Waals surface area contributed by atoms with E-state index in [9.17, 15) is 4.79 Å². The van der Waals surface area contributed by atoms with Crippen molar-refractivity contribution < 1.29 is 4.79 Å². The van der Waals surface area contributed by atoms with Crippen molar-refractivity contribution in [1.29, 1.82) is 0 Å². The molecule has 25 heavy (non-hydrogen) atoms. The highest BCUT2D eigenvalue weighted by molar-refractivity contribution is 6.11. The Morgan fingerprint density at radius 3 is 2.64 bits per heavy atom. The van der Waals surface area contributed by atoms with Gasteiger partial charge in [-0.2, -0.15) is 5.10 Å². The van der Waals surface area contributed by atoms with Crippen molar-refractivity contribution >= 4 is 27.6 Å². The second kappa shape index (κ2) is 5.66. The molecule has 1 aromatic carbocycles. The first-order valence-electron chi connectivity index (χ1n) is 7.93. The van der Waals surface area contributed by atoms with E-state index in [4.69, 9.17) is 4.98 Å². The van der Waals surface area contributed by atoms with E-state index in [0.717, 1.165) is 32.9 Å². The quantitative estimate of drug-likeness (QED) is 0.530. The van der Waals surface area contributed by atoms with Gasteiger partial charge in [0, 0.05) is 67.0 Å². The fourth-order valence-corrected chi connectivity index (χ4v) is 3.00. The van der Waals surface area contributed by atoms with E-state index < -0.39 is 0 Å². The Morgan fingerprint density at radius 2 is 1.92 bits per heavy atom. The average molecular weight is 331 g/mol. The van der Waals surface area contributed by atoms with E-state index in [2.05, 4.69) is 10.1 Å². The number of hydrogen-bond acceptors (Lipinski definition) is 4. The minimum Gasteiger partial charge on any atom is -0.345 e. The van der Waals surface area contributed by atoms with Crippen molar-refractivity contribution in [2.24, 2.45) is 7.05 Å². The van der Waals surface area contributed by atoms with Gasteiger partial charge in [-0.3, -0.25) is 14.5 Å². The largest absolute Gasteiger partial charge is 0.345 e. The second-order valence-corrected chi connectivity index (χ2v) is 6.22. The van der Waals surface area contributed by atoms with E-state index in [1.807, 2.05) is 43.7 Å². The van der Waals surface area contributed by atoms with E-state index >= 15 is 0 Å². The molecule has 0 atom stereocenters. The molecular weight excluding hydrogens is 314 g/mol. The first-order valence-corrected chi connectivity index (χ1v) is 7.93.